The Kier molecular flexibility index (Phi) is 33.5. The third kappa shape index (κ3) is 26.9. The molecule has 2 aliphatic rings. The van der Waals surface area contributed by atoms with Gasteiger partial charge in [0.1, 0.15) is 78.8 Å². The zero-order valence-corrected chi connectivity index (χ0v) is 63.7. The SMILES string of the molecule is CC(=O)O.CCNC(=O)[C@@H]1CCCN1C(=O)[C@H](CCCNC(=N)N)NC(=O)[C@H](CC(C)C)NC(=O)[C@@H](CC(C)C)NC(=O)[C@H](Cc1ccc(O)cc1)NC(=O)[C@H](CO)NC(=O)[C@H](Cc1c[nH]c2ccccc12)NC(=O)[C@H](Cc1c[nH]cn1)NC(=O)[C@@H]1CCC(=O)N1.N#Cc1ccc(C(c2ccc(C#N)cc2)n2cncn2)cc1. The molecule has 3 aromatic heterocycles. The van der Waals surface area contributed by atoms with Gasteiger partial charge in [0.2, 0.25) is 59.1 Å². The molecule has 0 radical (unpaired) electrons. The molecule has 2 saturated heterocycles. The zero-order valence-electron chi connectivity index (χ0n) is 63.7. The van der Waals surface area contributed by atoms with Crippen LogP contribution in [0, 0.1) is 39.9 Å². The Labute approximate surface area is 652 Å². The number of carboxylic acid groups (broad SMARTS) is 1. The van der Waals surface area contributed by atoms with Crippen LogP contribution >= 0.6 is 0 Å². The summed E-state index contributed by atoms with van der Waals surface area (Å²) < 4.78 is 1.75. The number of carbonyl (C=O) groups excluding carboxylic acids is 10. The number of carboxylic acids is 1. The van der Waals surface area contributed by atoms with E-state index in [4.69, 9.17) is 31.6 Å². The maximum Gasteiger partial charge on any atom is 0.300 e. The number of guanidine groups is 1. The summed E-state index contributed by atoms with van der Waals surface area (Å²) >= 11 is 0. The van der Waals surface area contributed by atoms with E-state index in [0.717, 1.165) is 23.6 Å². The zero-order chi connectivity index (χ0) is 82.3. The minimum atomic E-state index is -1.75. The number of benzene rings is 4. The Hall–Kier alpha value is -13.1. The maximum atomic E-state index is 14.7. The number of H-pyrrole nitrogens is 2. The molecule has 0 aliphatic carbocycles. The summed E-state index contributed by atoms with van der Waals surface area (Å²) in [7, 11) is 0. The molecule has 5 heterocycles. The highest BCUT2D eigenvalue weighted by Gasteiger charge is 2.40. The number of likely N-dealkylation sites (tertiary alicyclic amines) is 1. The number of carbonyl (C=O) groups is 11. The summed E-state index contributed by atoms with van der Waals surface area (Å²) in [4.78, 5) is 164. The van der Waals surface area contributed by atoms with Gasteiger partial charge in [0.15, 0.2) is 5.96 Å². The van der Waals surface area contributed by atoms with Gasteiger partial charge in [-0.1, -0.05) is 82.3 Å². The van der Waals surface area contributed by atoms with Gasteiger partial charge in [-0.15, -0.1) is 0 Å². The van der Waals surface area contributed by atoms with Gasteiger partial charge in [-0.2, -0.15) is 15.6 Å². The first kappa shape index (κ1) is 87.2. The molecular weight excluding hydrogens is 1450 g/mol. The third-order valence-electron chi connectivity index (χ3n) is 18.4. The van der Waals surface area contributed by atoms with Crippen LogP contribution in [0.25, 0.3) is 10.9 Å². The van der Waals surface area contributed by atoms with E-state index in [1.54, 1.807) is 80.4 Å². The van der Waals surface area contributed by atoms with Crippen molar-refractivity contribution in [2.24, 2.45) is 17.6 Å². The number of nitrogens with one attached hydrogen (secondary N) is 13. The van der Waals surface area contributed by atoms with E-state index in [1.165, 1.54) is 48.0 Å². The number of imidazole rings is 1. The lowest BCUT2D eigenvalue weighted by Gasteiger charge is -2.31. The Morgan fingerprint density at radius 1 is 0.673 bits per heavy atom. The van der Waals surface area contributed by atoms with Crippen molar-refractivity contribution in [1.82, 2.24) is 87.8 Å². The number of aliphatic hydroxyl groups is 1. The molecule has 113 heavy (non-hydrogen) atoms. The van der Waals surface area contributed by atoms with Crippen molar-refractivity contribution in [3.05, 3.63) is 168 Å². The average Bonchev–Trinajstić information content (AvgIpc) is 1.83. The molecule has 0 spiro atoms. The fourth-order valence-electron chi connectivity index (χ4n) is 12.9. The third-order valence-corrected chi connectivity index (χ3v) is 18.4. The number of hydrogen-bond acceptors (Lipinski definition) is 19. The molecule has 9 atom stereocenters. The molecule has 35 heteroatoms. The molecule has 10 amide bonds. The summed E-state index contributed by atoms with van der Waals surface area (Å²) in [6, 6.07) is 20.4. The van der Waals surface area contributed by atoms with Gasteiger partial charge in [-0.3, -0.25) is 58.1 Å². The Bertz CT molecular complexity index is 4400. The van der Waals surface area contributed by atoms with Gasteiger partial charge in [-0.25, -0.2) is 14.6 Å². The lowest BCUT2D eigenvalue weighted by molar-refractivity contribution is -0.142. The standard InChI is InChI=1S/C59H84N16O12.C17H11N5.C2H4O2/c1-6-63-57(86)48-14-10-22-75(48)58(87)41(13-9-21-64-59(60)61)68-51(80)42(23-32(2)3)69-52(81)43(24-33(4)5)70-53(82)44(25-34-15-17-37(77)18-16-34)71-56(85)47(30-76)74-54(83)45(26-35-28-65-39-12-8-7-11-38(35)39)72-55(84)46(27-36-29-62-31-66-36)73-50(79)40-19-20-49(78)67-40;18-9-13-1-5-15(6-2-13)17(22-12-20-11-21-22)16-7-3-14(10-19)4-8-16;1-2(3)4/h7-8,11-12,15-18,28-29,31-33,40-48,65,76-77H,6,9-10,13-14,19-27,30H2,1-5H3,(H,62,66)(H,63,86)(H,67,78)(H,68,80)(H,69,81)(H,70,82)(H,71,85)(H,72,84)(H,73,79)(H,74,83)(H4,60,61,64);1-8,11-12,17H;1H3,(H,3,4)/t40-,41-,42-,43+,44-,45-,46-,47-,48-;;/m0../s1. The van der Waals surface area contributed by atoms with Crippen molar-refractivity contribution in [2.75, 3.05) is 26.2 Å². The van der Waals surface area contributed by atoms with Crippen LogP contribution in [0.15, 0.2) is 128 Å². The number of aromatic amines is 2. The number of para-hydroxylation sites is 1. The lowest BCUT2D eigenvalue weighted by Crippen LogP contribution is -2.61. The number of nitrogens with zero attached hydrogens (tertiary/aromatic N) is 7. The topological polar surface area (TPSA) is 545 Å². The predicted molar refractivity (Wildman–Crippen MR) is 412 cm³/mol. The Morgan fingerprint density at radius 3 is 1.73 bits per heavy atom. The number of hydrogen-bond donors (Lipinski definition) is 17. The number of rotatable bonds is 35. The highest BCUT2D eigenvalue weighted by atomic mass is 16.4. The predicted octanol–water partition coefficient (Wildman–Crippen LogP) is 1.52. The lowest BCUT2D eigenvalue weighted by atomic mass is 9.97. The van der Waals surface area contributed by atoms with Crippen LogP contribution in [0.4, 0.5) is 0 Å². The second-order valence-electron chi connectivity index (χ2n) is 28.1. The molecule has 4 aromatic carbocycles. The van der Waals surface area contributed by atoms with Crippen LogP contribution in [0.3, 0.4) is 0 Å². The van der Waals surface area contributed by atoms with E-state index in [-0.39, 0.29) is 106 Å². The molecule has 0 unspecified atom stereocenters. The summed E-state index contributed by atoms with van der Waals surface area (Å²) in [5.74, 6) is -8.54. The smallest absolute Gasteiger partial charge is 0.300 e. The summed E-state index contributed by atoms with van der Waals surface area (Å²) in [6.45, 7) is 9.95. The minimum absolute atomic E-state index is 0.0378. The van der Waals surface area contributed by atoms with Crippen molar-refractivity contribution >= 4 is 81.9 Å². The molecular formula is C78H99N21O14. The van der Waals surface area contributed by atoms with Gasteiger partial charge >= 0.3 is 0 Å². The van der Waals surface area contributed by atoms with Gasteiger partial charge in [0, 0.05) is 75.5 Å². The maximum absolute atomic E-state index is 14.7. The number of phenolic OH excluding ortho intramolecular Hbond substituents is 1. The van der Waals surface area contributed by atoms with Crippen molar-refractivity contribution in [3.63, 3.8) is 0 Å². The molecule has 600 valence electrons. The first-order chi connectivity index (χ1) is 54.1. The number of nitrogens with two attached hydrogens (primary N) is 1. The van der Waals surface area contributed by atoms with E-state index in [1.807, 2.05) is 44.2 Å². The summed E-state index contributed by atoms with van der Waals surface area (Å²) in [5, 5.41) is 85.6. The molecule has 9 rings (SSSR count). The number of aliphatic hydroxyl groups excluding tert-OH is 1. The first-order valence-electron chi connectivity index (χ1n) is 37.1. The first-order valence-corrected chi connectivity index (χ1v) is 37.1. The number of fused-ring (bicyclic) bond motifs is 1. The number of nitriles is 2. The normalized spacial score (nSPS) is 15.4. The largest absolute Gasteiger partial charge is 0.508 e. The average molecular weight is 1550 g/mol. The quantitative estimate of drug-likeness (QED) is 0.0152. The van der Waals surface area contributed by atoms with Crippen molar-refractivity contribution in [3.8, 4) is 17.9 Å². The second kappa shape index (κ2) is 43.4. The number of phenols is 1. The number of aromatic hydroxyl groups is 1. The number of likely N-dealkylation sites (N-methyl/N-ethyl adjacent to an activating group) is 1. The molecule has 35 nitrogen and oxygen atoms in total. The van der Waals surface area contributed by atoms with Crippen LogP contribution in [0.1, 0.15) is 138 Å². The van der Waals surface area contributed by atoms with E-state index >= 15 is 0 Å². The van der Waals surface area contributed by atoms with Crippen LogP contribution in [-0.4, -0.2) is 202 Å². The Morgan fingerprint density at radius 2 is 1.21 bits per heavy atom. The monoisotopic (exact) mass is 1550 g/mol. The van der Waals surface area contributed by atoms with Crippen molar-refractivity contribution < 1.29 is 68.1 Å². The van der Waals surface area contributed by atoms with E-state index < -0.39 is 114 Å². The van der Waals surface area contributed by atoms with Crippen LogP contribution in [-0.2, 0) is 72.0 Å². The minimum Gasteiger partial charge on any atom is -0.508 e. The molecule has 2 fully saturated rings. The summed E-state index contributed by atoms with van der Waals surface area (Å²) in [5.41, 5.74) is 10.8. The van der Waals surface area contributed by atoms with Gasteiger partial charge in [-0.05, 0) is 128 Å². The van der Waals surface area contributed by atoms with Crippen LogP contribution in [0.2, 0.25) is 0 Å². The molecule has 0 saturated carbocycles. The second-order valence-corrected chi connectivity index (χ2v) is 28.1. The fourth-order valence-corrected chi connectivity index (χ4v) is 12.9. The molecule has 0 bridgehead atoms. The molecule has 2 aliphatic heterocycles. The fraction of sp³-hybridized carbons (Fsp3) is 0.423. The highest BCUT2D eigenvalue weighted by Crippen LogP contribution is 2.28. The van der Waals surface area contributed by atoms with E-state index in [9.17, 15) is 58.2 Å². The molecule has 7 aromatic rings. The number of amides is 10. The van der Waals surface area contributed by atoms with Crippen LogP contribution in [0.5, 0.6) is 5.75 Å². The summed E-state index contributed by atoms with van der Waals surface area (Å²) in [6.07, 6.45) is 8.99. The van der Waals surface area contributed by atoms with E-state index in [2.05, 4.69) is 90.3 Å². The Balaban J connectivity index is 0.000000570. The number of aromatic nitrogens is 6. The van der Waals surface area contributed by atoms with Gasteiger partial charge in [0.25, 0.3) is 5.97 Å². The number of aliphatic carboxylic acids is 1. The van der Waals surface area contributed by atoms with Crippen molar-refractivity contribution in [2.45, 2.75) is 173 Å². The highest BCUT2D eigenvalue weighted by molar-refractivity contribution is 5.99. The molecule has 18 N–H and O–H groups in total. The van der Waals surface area contributed by atoms with Crippen molar-refractivity contribution in [1.29, 1.82) is 15.9 Å². The van der Waals surface area contributed by atoms with Gasteiger partial charge in [0.05, 0.1) is 41.9 Å². The van der Waals surface area contributed by atoms with Gasteiger partial charge < -0.3 is 89.1 Å². The van der Waals surface area contributed by atoms with E-state index in [0.29, 0.717) is 59.1 Å². The van der Waals surface area contributed by atoms with Crippen LogP contribution < -0.4 is 58.9 Å².